The first-order valence-electron chi connectivity index (χ1n) is 7.54. The third-order valence-electron chi connectivity index (χ3n) is 3.93. The summed E-state index contributed by atoms with van der Waals surface area (Å²) in [6.07, 6.45) is 2.02. The highest BCUT2D eigenvalue weighted by molar-refractivity contribution is 7.99. The second-order valence-electron chi connectivity index (χ2n) is 5.48. The predicted molar refractivity (Wildman–Crippen MR) is 90.5 cm³/mol. The fourth-order valence-electron chi connectivity index (χ4n) is 2.67. The Hall–Kier alpha value is -1.60. The Labute approximate surface area is 144 Å². The van der Waals surface area contributed by atoms with Crippen molar-refractivity contribution in [3.8, 4) is 0 Å². The highest BCUT2D eigenvalue weighted by Crippen LogP contribution is 2.25. The van der Waals surface area contributed by atoms with Crippen LogP contribution in [0.1, 0.15) is 17.9 Å². The van der Waals surface area contributed by atoms with Gasteiger partial charge in [0.15, 0.2) is 0 Å². The fraction of sp³-hybridized carbons (Fsp3) is 0.467. The summed E-state index contributed by atoms with van der Waals surface area (Å²) in [7, 11) is 0. The lowest BCUT2D eigenvalue weighted by molar-refractivity contribution is -0.131. The SMILES string of the molecule is O=C(CC(Cn1cnnn1)c1ccc(Cl)cc1)N1CCSCC1. The Kier molecular flexibility index (Phi) is 5.51. The van der Waals surface area contributed by atoms with Crippen LogP contribution in [0.4, 0.5) is 0 Å². The Balaban J connectivity index is 1.74. The summed E-state index contributed by atoms with van der Waals surface area (Å²) in [5.41, 5.74) is 1.07. The van der Waals surface area contributed by atoms with Gasteiger partial charge in [-0.3, -0.25) is 4.79 Å². The van der Waals surface area contributed by atoms with Crippen LogP contribution in [0.15, 0.2) is 30.6 Å². The van der Waals surface area contributed by atoms with E-state index in [2.05, 4.69) is 15.5 Å². The van der Waals surface area contributed by atoms with Crippen LogP contribution in [0.5, 0.6) is 0 Å². The molecule has 122 valence electrons. The first kappa shape index (κ1) is 16.3. The number of carbonyl (C=O) groups is 1. The molecular weight excluding hydrogens is 334 g/mol. The van der Waals surface area contributed by atoms with Crippen molar-refractivity contribution in [2.45, 2.75) is 18.9 Å². The van der Waals surface area contributed by atoms with Gasteiger partial charge in [-0.25, -0.2) is 4.68 Å². The van der Waals surface area contributed by atoms with Crippen LogP contribution in [0.3, 0.4) is 0 Å². The molecule has 1 amide bonds. The molecule has 1 aromatic carbocycles. The summed E-state index contributed by atoms with van der Waals surface area (Å²) in [5.74, 6) is 2.26. The zero-order valence-electron chi connectivity index (χ0n) is 12.6. The number of tetrazole rings is 1. The minimum absolute atomic E-state index is 0.0258. The van der Waals surface area contributed by atoms with Gasteiger partial charge in [0.05, 0.1) is 6.54 Å². The molecule has 23 heavy (non-hydrogen) atoms. The molecule has 1 aliphatic rings. The number of halogens is 1. The van der Waals surface area contributed by atoms with E-state index in [0.29, 0.717) is 18.0 Å². The van der Waals surface area contributed by atoms with Gasteiger partial charge in [0.25, 0.3) is 0 Å². The lowest BCUT2D eigenvalue weighted by Crippen LogP contribution is -2.38. The Morgan fingerprint density at radius 1 is 1.26 bits per heavy atom. The average molecular weight is 352 g/mol. The van der Waals surface area contributed by atoms with Crippen LogP contribution in [-0.2, 0) is 11.3 Å². The van der Waals surface area contributed by atoms with Crippen LogP contribution in [0, 0.1) is 0 Å². The largest absolute Gasteiger partial charge is 0.341 e. The van der Waals surface area contributed by atoms with Crippen LogP contribution in [0.2, 0.25) is 5.02 Å². The molecule has 2 heterocycles. The van der Waals surface area contributed by atoms with Crippen molar-refractivity contribution in [2.24, 2.45) is 0 Å². The summed E-state index contributed by atoms with van der Waals surface area (Å²) < 4.78 is 1.67. The number of hydrogen-bond acceptors (Lipinski definition) is 5. The molecule has 0 bridgehead atoms. The lowest BCUT2D eigenvalue weighted by Gasteiger charge is -2.28. The van der Waals surface area contributed by atoms with Crippen LogP contribution in [0.25, 0.3) is 0 Å². The number of thioether (sulfide) groups is 1. The molecule has 0 N–H and O–H groups in total. The van der Waals surface area contributed by atoms with E-state index in [1.165, 1.54) is 0 Å². The maximum atomic E-state index is 12.6. The van der Waals surface area contributed by atoms with Crippen molar-refractivity contribution >= 4 is 29.3 Å². The molecular formula is C15H18ClN5OS. The summed E-state index contributed by atoms with van der Waals surface area (Å²) >= 11 is 7.87. The maximum Gasteiger partial charge on any atom is 0.223 e. The van der Waals surface area contributed by atoms with E-state index in [9.17, 15) is 4.79 Å². The maximum absolute atomic E-state index is 12.6. The zero-order chi connectivity index (χ0) is 16.1. The van der Waals surface area contributed by atoms with Gasteiger partial charge in [0, 0.05) is 42.0 Å². The molecule has 1 atom stereocenters. The molecule has 1 unspecified atom stereocenters. The number of hydrogen-bond donors (Lipinski definition) is 0. The highest BCUT2D eigenvalue weighted by atomic mass is 35.5. The number of nitrogens with zero attached hydrogens (tertiary/aromatic N) is 5. The minimum atomic E-state index is 0.0258. The van der Waals surface area contributed by atoms with Crippen molar-refractivity contribution in [1.82, 2.24) is 25.1 Å². The second kappa shape index (κ2) is 7.79. The van der Waals surface area contributed by atoms with Gasteiger partial charge in [0.1, 0.15) is 6.33 Å². The zero-order valence-corrected chi connectivity index (χ0v) is 14.2. The van der Waals surface area contributed by atoms with Gasteiger partial charge in [-0.15, -0.1) is 5.10 Å². The summed E-state index contributed by atoms with van der Waals surface area (Å²) in [5, 5.41) is 11.9. The van der Waals surface area contributed by atoms with E-state index in [-0.39, 0.29) is 11.8 Å². The van der Waals surface area contributed by atoms with Crippen molar-refractivity contribution in [3.63, 3.8) is 0 Å². The third-order valence-corrected chi connectivity index (χ3v) is 5.12. The molecule has 1 aliphatic heterocycles. The van der Waals surface area contributed by atoms with Gasteiger partial charge >= 0.3 is 0 Å². The highest BCUT2D eigenvalue weighted by Gasteiger charge is 2.23. The van der Waals surface area contributed by atoms with E-state index in [1.807, 2.05) is 40.9 Å². The van der Waals surface area contributed by atoms with E-state index < -0.39 is 0 Å². The molecule has 0 aliphatic carbocycles. The van der Waals surface area contributed by atoms with E-state index in [1.54, 1.807) is 11.0 Å². The van der Waals surface area contributed by atoms with Crippen LogP contribution < -0.4 is 0 Å². The van der Waals surface area contributed by atoms with Gasteiger partial charge in [-0.2, -0.15) is 11.8 Å². The van der Waals surface area contributed by atoms with Crippen LogP contribution >= 0.6 is 23.4 Å². The Bertz CT molecular complexity index is 628. The summed E-state index contributed by atoms with van der Waals surface area (Å²) in [6.45, 7) is 2.24. The minimum Gasteiger partial charge on any atom is -0.341 e. The molecule has 1 fully saturated rings. The smallest absolute Gasteiger partial charge is 0.223 e. The van der Waals surface area contributed by atoms with Gasteiger partial charge in [-0.1, -0.05) is 23.7 Å². The molecule has 6 nitrogen and oxygen atoms in total. The first-order valence-corrected chi connectivity index (χ1v) is 9.07. The number of amides is 1. The number of aromatic nitrogens is 4. The molecule has 3 rings (SSSR count). The molecule has 0 radical (unpaired) electrons. The second-order valence-corrected chi connectivity index (χ2v) is 7.14. The lowest BCUT2D eigenvalue weighted by atomic mass is 9.95. The van der Waals surface area contributed by atoms with E-state index >= 15 is 0 Å². The first-order chi connectivity index (χ1) is 11.2. The summed E-state index contributed by atoms with van der Waals surface area (Å²) in [6, 6.07) is 7.64. The van der Waals surface area contributed by atoms with Crippen molar-refractivity contribution in [1.29, 1.82) is 0 Å². The summed E-state index contributed by atoms with van der Waals surface area (Å²) in [4.78, 5) is 14.6. The quantitative estimate of drug-likeness (QED) is 0.825. The van der Waals surface area contributed by atoms with Gasteiger partial charge < -0.3 is 4.90 Å². The molecule has 2 aromatic rings. The molecule has 0 spiro atoms. The topological polar surface area (TPSA) is 63.9 Å². The van der Waals surface area contributed by atoms with Gasteiger partial charge in [0.2, 0.25) is 5.91 Å². The number of carbonyl (C=O) groups excluding carboxylic acids is 1. The number of rotatable bonds is 5. The monoisotopic (exact) mass is 351 g/mol. The number of benzene rings is 1. The molecule has 0 saturated carbocycles. The van der Waals surface area contributed by atoms with Crippen molar-refractivity contribution < 1.29 is 4.79 Å². The Morgan fingerprint density at radius 2 is 2.00 bits per heavy atom. The van der Waals surface area contributed by atoms with Crippen molar-refractivity contribution in [3.05, 3.63) is 41.2 Å². The van der Waals surface area contributed by atoms with Crippen molar-refractivity contribution in [2.75, 3.05) is 24.6 Å². The third kappa shape index (κ3) is 4.45. The molecule has 1 saturated heterocycles. The predicted octanol–water partition coefficient (Wildman–Crippen LogP) is 2.08. The Morgan fingerprint density at radius 3 is 2.65 bits per heavy atom. The standard InChI is InChI=1S/C15H18ClN5OS/c16-14-3-1-12(2-4-14)13(10-21-11-17-18-19-21)9-15(22)20-5-7-23-8-6-20/h1-4,11,13H,5-10H2. The fourth-order valence-corrected chi connectivity index (χ4v) is 3.69. The van der Waals surface area contributed by atoms with E-state index in [4.69, 9.17) is 11.6 Å². The van der Waals surface area contributed by atoms with E-state index in [0.717, 1.165) is 30.2 Å². The molecule has 1 aromatic heterocycles. The van der Waals surface area contributed by atoms with Gasteiger partial charge in [-0.05, 0) is 28.1 Å². The molecule has 8 heteroatoms. The normalized spacial score (nSPS) is 16.3. The average Bonchev–Trinajstić information content (AvgIpc) is 3.09. The van der Waals surface area contributed by atoms with Crippen LogP contribution in [-0.4, -0.2) is 55.6 Å².